The predicted octanol–water partition coefficient (Wildman–Crippen LogP) is 16.3. The van der Waals surface area contributed by atoms with Crippen molar-refractivity contribution in [3.8, 4) is 34.8 Å². The van der Waals surface area contributed by atoms with E-state index in [-0.39, 0.29) is 23.1 Å². The predicted molar refractivity (Wildman–Crippen MR) is 314 cm³/mol. The van der Waals surface area contributed by atoms with Crippen molar-refractivity contribution in [1.29, 1.82) is 0 Å². The molecule has 5 aromatic rings. The van der Waals surface area contributed by atoms with Crippen LogP contribution in [0.25, 0.3) is 11.1 Å². The van der Waals surface area contributed by atoms with E-state index in [0.717, 1.165) is 58.6 Å². The highest BCUT2D eigenvalue weighted by Gasteiger charge is 2.73. The zero-order valence-electron chi connectivity index (χ0n) is 52.4. The average Bonchev–Trinajstić information content (AvgIpc) is 2.33. The normalized spacial score (nSPS) is 14.7. The van der Waals surface area contributed by atoms with Crippen LogP contribution in [0.4, 0.5) is 57.1 Å². The summed E-state index contributed by atoms with van der Waals surface area (Å²) in [5.74, 6) is 5.74. The SMILES string of the molecule is CCC(CC)(c1ccc(C#CC(OCOC)(C(F)(F)F)C(F)(F)F)c(C)c1)c1ccc(-c2ccc(CC(=O)OC)c(F)c2)c(C)c1.CCC(CC)(c1ccc(C#CC(OCOC)(C(F)(F)F)C(F)(F)F)c(C)c1)c1ccc(B2OC(C)(C)C(C)(C)O2)c(C)c1. The molecule has 1 aliphatic rings. The van der Waals surface area contributed by atoms with Crippen LogP contribution in [0, 0.1) is 57.2 Å². The number of halogens is 13. The summed E-state index contributed by atoms with van der Waals surface area (Å²) in [4.78, 5) is 11.6. The maximum absolute atomic E-state index is 14.8. The van der Waals surface area contributed by atoms with Crippen molar-refractivity contribution < 1.29 is 94.9 Å². The van der Waals surface area contributed by atoms with Gasteiger partial charge in [-0.1, -0.05) is 118 Å². The zero-order valence-corrected chi connectivity index (χ0v) is 52.4. The van der Waals surface area contributed by atoms with Crippen molar-refractivity contribution in [3.63, 3.8) is 0 Å². The molecular formula is C67H74BF13O8. The molecule has 0 unspecified atom stereocenters. The minimum absolute atomic E-state index is 0.0204. The van der Waals surface area contributed by atoms with E-state index in [1.807, 2.05) is 99.6 Å². The van der Waals surface area contributed by atoms with Crippen LogP contribution in [0.3, 0.4) is 0 Å². The lowest BCUT2D eigenvalue weighted by atomic mass is 9.68. The molecule has 1 saturated heterocycles. The van der Waals surface area contributed by atoms with Crippen LogP contribution < -0.4 is 5.46 Å². The highest BCUT2D eigenvalue weighted by atomic mass is 19.4. The molecule has 1 aliphatic heterocycles. The van der Waals surface area contributed by atoms with Crippen LogP contribution in [-0.2, 0) is 55.0 Å². The molecule has 0 N–H and O–H groups in total. The fourth-order valence-corrected chi connectivity index (χ4v) is 10.9. The van der Waals surface area contributed by atoms with E-state index in [9.17, 15) is 61.9 Å². The van der Waals surface area contributed by atoms with E-state index < -0.39 is 90.4 Å². The smallest absolute Gasteiger partial charge is 0.469 e. The summed E-state index contributed by atoms with van der Waals surface area (Å²) < 4.78 is 213. The molecule has 89 heavy (non-hydrogen) atoms. The third-order valence-corrected chi connectivity index (χ3v) is 17.1. The van der Waals surface area contributed by atoms with Gasteiger partial charge in [-0.25, -0.2) is 4.39 Å². The molecule has 0 amide bonds. The molecule has 484 valence electrons. The second-order valence-electron chi connectivity index (χ2n) is 22.8. The number of ether oxygens (including phenoxy) is 5. The van der Waals surface area contributed by atoms with Gasteiger partial charge >= 0.3 is 49.0 Å². The number of hydrogen-bond acceptors (Lipinski definition) is 8. The maximum atomic E-state index is 14.8. The van der Waals surface area contributed by atoms with Crippen LogP contribution in [0.15, 0.2) is 91.0 Å². The lowest BCUT2D eigenvalue weighted by molar-refractivity contribution is -0.368. The Morgan fingerprint density at radius 2 is 0.876 bits per heavy atom. The number of esters is 1. The number of hydrogen-bond donors (Lipinski definition) is 0. The van der Waals surface area contributed by atoms with Gasteiger partial charge in [-0.2, -0.15) is 52.7 Å². The van der Waals surface area contributed by atoms with E-state index in [4.69, 9.17) is 9.31 Å². The highest BCUT2D eigenvalue weighted by molar-refractivity contribution is 6.62. The summed E-state index contributed by atoms with van der Waals surface area (Å²) in [6.45, 7) is 20.6. The van der Waals surface area contributed by atoms with Gasteiger partial charge in [0.2, 0.25) is 0 Å². The van der Waals surface area contributed by atoms with E-state index in [0.29, 0.717) is 42.4 Å². The van der Waals surface area contributed by atoms with Gasteiger partial charge < -0.3 is 33.0 Å². The number of rotatable bonds is 18. The number of aryl methyl sites for hydroxylation is 4. The molecule has 0 saturated carbocycles. The molecule has 0 radical (unpaired) electrons. The number of benzene rings is 5. The fourth-order valence-electron chi connectivity index (χ4n) is 10.9. The van der Waals surface area contributed by atoms with Crippen molar-refractivity contribution in [2.45, 2.75) is 173 Å². The minimum atomic E-state index is -5.88. The maximum Gasteiger partial charge on any atom is 0.495 e. The number of carbonyl (C=O) groups is 1. The van der Waals surface area contributed by atoms with Gasteiger partial charge in [0, 0.05) is 36.2 Å². The Hall–Kier alpha value is -6.40. The third kappa shape index (κ3) is 15.0. The summed E-state index contributed by atoms with van der Waals surface area (Å²) >= 11 is 0. The van der Waals surface area contributed by atoms with Gasteiger partial charge in [-0.05, 0) is 172 Å². The van der Waals surface area contributed by atoms with Gasteiger partial charge in [0.1, 0.15) is 19.4 Å². The van der Waals surface area contributed by atoms with E-state index in [1.165, 1.54) is 37.1 Å². The first kappa shape index (κ1) is 73.3. The molecular weight excluding hydrogens is 1190 g/mol. The summed E-state index contributed by atoms with van der Waals surface area (Å²) in [6.07, 6.45) is -21.0. The Kier molecular flexibility index (Phi) is 23.1. The molecule has 0 spiro atoms. The highest BCUT2D eigenvalue weighted by Crippen LogP contribution is 2.48. The summed E-state index contributed by atoms with van der Waals surface area (Å²) in [5, 5.41) is 0. The van der Waals surface area contributed by atoms with Gasteiger partial charge in [0.05, 0.1) is 24.7 Å². The Bertz CT molecular complexity index is 3380. The summed E-state index contributed by atoms with van der Waals surface area (Å²) in [6, 6.07) is 26.2. The monoisotopic (exact) mass is 1260 g/mol. The Morgan fingerprint density at radius 1 is 0.506 bits per heavy atom. The molecule has 8 nitrogen and oxygen atoms in total. The standard InChI is InChI=1S/C35H35F7O4.C32H39BF6O4/c1-7-32(8-2,28-13-14-29(23(4)18-28)25-9-10-26(30(36)19-25)20-31(43)45-6)27-12-11-24(22(3)17-27)15-16-33(34(37,38)39,35(40,41)42)46-21-44-5;1-10-29(11-2,25-14-15-26(22(4)19-25)33-42-27(5,6)28(7,8)43-33)24-13-12-23(21(3)18-24)16-17-30(31(34,35)36,32(37,38)39)41-20-40-9/h9-14,17-19H,7-8,20-21H2,1-6H3;12-15,18-19H,10-11,20H2,1-9H3. The largest absolute Gasteiger partial charge is 0.495 e. The average molecular weight is 1270 g/mol. The van der Waals surface area contributed by atoms with Gasteiger partial charge in [-0.3, -0.25) is 4.79 Å². The minimum Gasteiger partial charge on any atom is -0.469 e. The van der Waals surface area contributed by atoms with E-state index >= 15 is 0 Å². The molecule has 1 heterocycles. The van der Waals surface area contributed by atoms with Crippen molar-refractivity contribution in [2.75, 3.05) is 34.9 Å². The molecule has 0 aliphatic carbocycles. The second-order valence-corrected chi connectivity index (χ2v) is 22.8. The molecule has 1 fully saturated rings. The summed E-state index contributed by atoms with van der Waals surface area (Å²) in [7, 11) is 2.54. The first-order valence-corrected chi connectivity index (χ1v) is 28.5. The molecule has 6 rings (SSSR count). The van der Waals surface area contributed by atoms with Crippen molar-refractivity contribution in [3.05, 3.63) is 158 Å². The third-order valence-electron chi connectivity index (χ3n) is 17.1. The van der Waals surface area contributed by atoms with Crippen LogP contribution >= 0.6 is 0 Å². The number of alkyl halides is 12. The fraction of sp³-hybridized carbons (Fsp3) is 0.478. The van der Waals surface area contributed by atoms with E-state index in [2.05, 4.69) is 41.6 Å². The topological polar surface area (TPSA) is 81.7 Å². The van der Waals surface area contributed by atoms with Crippen molar-refractivity contribution >= 4 is 18.6 Å². The van der Waals surface area contributed by atoms with Crippen LogP contribution in [0.5, 0.6) is 0 Å². The van der Waals surface area contributed by atoms with Crippen molar-refractivity contribution in [2.24, 2.45) is 0 Å². The second kappa shape index (κ2) is 28.0. The molecule has 22 heteroatoms. The molecule has 0 aromatic heterocycles. The molecule has 0 bridgehead atoms. The molecule has 0 atom stereocenters. The van der Waals surface area contributed by atoms with Gasteiger partial charge in [0.15, 0.2) is 0 Å². The Morgan fingerprint density at radius 3 is 1.20 bits per heavy atom. The van der Waals surface area contributed by atoms with Crippen LogP contribution in [0.1, 0.15) is 142 Å². The molecule has 5 aromatic carbocycles. The summed E-state index contributed by atoms with van der Waals surface area (Å²) in [5.41, 5.74) is -2.61. The number of methoxy groups -OCH3 is 3. The lowest BCUT2D eigenvalue weighted by Gasteiger charge is -2.34. The number of carbonyl (C=O) groups excluding carboxylic acids is 1. The van der Waals surface area contributed by atoms with Crippen LogP contribution in [-0.4, -0.2) is 95.1 Å². The van der Waals surface area contributed by atoms with Crippen LogP contribution in [0.2, 0.25) is 0 Å². The Labute approximate surface area is 512 Å². The zero-order chi connectivity index (χ0) is 67.1. The van der Waals surface area contributed by atoms with Gasteiger partial charge in [-0.15, -0.1) is 0 Å². The Balaban J connectivity index is 0.000000325. The lowest BCUT2D eigenvalue weighted by Crippen LogP contribution is -2.58. The van der Waals surface area contributed by atoms with Crippen molar-refractivity contribution in [1.82, 2.24) is 0 Å². The van der Waals surface area contributed by atoms with E-state index in [1.54, 1.807) is 50.2 Å². The quantitative estimate of drug-likeness (QED) is 0.0282. The van der Waals surface area contributed by atoms with Gasteiger partial charge in [0.25, 0.3) is 0 Å². The first-order chi connectivity index (χ1) is 41.2. The first-order valence-electron chi connectivity index (χ1n) is 28.5.